The van der Waals surface area contributed by atoms with Gasteiger partial charge in [-0.2, -0.15) is 0 Å². The third-order valence-electron chi connectivity index (χ3n) is 4.42. The molecule has 1 aromatic heterocycles. The normalized spacial score (nSPS) is 15.5. The van der Waals surface area contributed by atoms with Gasteiger partial charge in [-0.3, -0.25) is 4.79 Å². The maximum Gasteiger partial charge on any atom is 0.277 e. The summed E-state index contributed by atoms with van der Waals surface area (Å²) in [6.07, 6.45) is 0.874. The molecule has 1 atom stereocenters. The molecule has 3 aromatic rings. The van der Waals surface area contributed by atoms with E-state index >= 15 is 0 Å². The van der Waals surface area contributed by atoms with E-state index in [4.69, 9.17) is 20.8 Å². The van der Waals surface area contributed by atoms with E-state index in [1.165, 1.54) is 17.3 Å². The molecule has 0 aliphatic carbocycles. The minimum absolute atomic E-state index is 0.0274. The summed E-state index contributed by atoms with van der Waals surface area (Å²) in [7, 11) is 0. The molecule has 1 amide bonds. The van der Waals surface area contributed by atoms with Crippen molar-refractivity contribution in [3.8, 4) is 5.75 Å². The molecule has 6 nitrogen and oxygen atoms in total. The Morgan fingerprint density at radius 1 is 1.25 bits per heavy atom. The first-order valence-corrected chi connectivity index (χ1v) is 10.2. The van der Waals surface area contributed by atoms with Gasteiger partial charge in [0, 0.05) is 16.8 Å². The predicted octanol–water partition coefficient (Wildman–Crippen LogP) is 4.37. The van der Waals surface area contributed by atoms with E-state index < -0.39 is 0 Å². The first kappa shape index (κ1) is 18.8. The van der Waals surface area contributed by atoms with Gasteiger partial charge in [-0.05, 0) is 49.2 Å². The molecule has 0 radical (unpaired) electrons. The first-order valence-electron chi connectivity index (χ1n) is 8.83. The summed E-state index contributed by atoms with van der Waals surface area (Å²) < 4.78 is 11.1. The standard InChI is InChI=1S/C20H18ClN3O3S/c1-13-10-14-4-2-3-5-17(14)24(13)19(25)12-28-20-23-22-18(27-20)11-26-16-8-6-15(21)7-9-16/h2-9,13H,10-12H2,1H3. The molecule has 0 saturated heterocycles. The molecule has 2 aromatic carbocycles. The summed E-state index contributed by atoms with van der Waals surface area (Å²) in [6, 6.07) is 15.2. The van der Waals surface area contributed by atoms with Crippen LogP contribution < -0.4 is 9.64 Å². The zero-order valence-electron chi connectivity index (χ0n) is 15.2. The highest BCUT2D eigenvalue weighted by molar-refractivity contribution is 7.99. The predicted molar refractivity (Wildman–Crippen MR) is 108 cm³/mol. The Hall–Kier alpha value is -2.51. The number of rotatable bonds is 6. The number of carbonyl (C=O) groups is 1. The Labute approximate surface area is 171 Å². The number of fused-ring (bicyclic) bond motifs is 1. The molecular formula is C20H18ClN3O3S. The largest absolute Gasteiger partial charge is 0.484 e. The Bertz CT molecular complexity index is 977. The number of nitrogens with zero attached hydrogens (tertiary/aromatic N) is 3. The number of aromatic nitrogens is 2. The van der Waals surface area contributed by atoms with Gasteiger partial charge in [0.1, 0.15) is 5.75 Å². The van der Waals surface area contributed by atoms with Crippen LogP contribution in [0.15, 0.2) is 58.2 Å². The number of amides is 1. The fourth-order valence-corrected chi connectivity index (χ4v) is 3.94. The Morgan fingerprint density at radius 2 is 2.04 bits per heavy atom. The molecule has 1 aliphatic heterocycles. The van der Waals surface area contributed by atoms with E-state index in [2.05, 4.69) is 23.2 Å². The molecule has 0 fully saturated rings. The number of ether oxygens (including phenoxy) is 1. The third kappa shape index (κ3) is 4.15. The molecule has 4 rings (SSSR count). The third-order valence-corrected chi connectivity index (χ3v) is 5.47. The maximum atomic E-state index is 12.7. The lowest BCUT2D eigenvalue weighted by Crippen LogP contribution is -2.36. The van der Waals surface area contributed by atoms with Crippen molar-refractivity contribution < 1.29 is 13.9 Å². The van der Waals surface area contributed by atoms with Crippen LogP contribution in [0.1, 0.15) is 18.4 Å². The molecule has 2 heterocycles. The molecule has 1 unspecified atom stereocenters. The number of thioether (sulfide) groups is 1. The lowest BCUT2D eigenvalue weighted by Gasteiger charge is -2.22. The molecule has 0 N–H and O–H groups in total. The summed E-state index contributed by atoms with van der Waals surface area (Å²) in [5.41, 5.74) is 2.19. The molecule has 28 heavy (non-hydrogen) atoms. The Kier molecular flexibility index (Phi) is 5.54. The molecule has 0 saturated carbocycles. The van der Waals surface area contributed by atoms with Crippen LogP contribution in [0.25, 0.3) is 0 Å². The van der Waals surface area contributed by atoms with E-state index in [0.29, 0.717) is 21.9 Å². The summed E-state index contributed by atoms with van der Waals surface area (Å²) in [4.78, 5) is 14.6. The van der Waals surface area contributed by atoms with Gasteiger partial charge in [0.2, 0.25) is 5.91 Å². The van der Waals surface area contributed by atoms with Crippen LogP contribution in [0.3, 0.4) is 0 Å². The zero-order chi connectivity index (χ0) is 19.5. The second-order valence-corrected chi connectivity index (χ2v) is 7.80. The van der Waals surface area contributed by atoms with Crippen LogP contribution in [0.5, 0.6) is 5.75 Å². The second-order valence-electron chi connectivity index (χ2n) is 6.44. The molecule has 1 aliphatic rings. The number of halogens is 1. The van der Waals surface area contributed by atoms with Crippen LogP contribution in [0.2, 0.25) is 5.02 Å². The van der Waals surface area contributed by atoms with Crippen LogP contribution in [0.4, 0.5) is 5.69 Å². The number of carbonyl (C=O) groups excluding carboxylic acids is 1. The van der Waals surface area contributed by atoms with Crippen LogP contribution in [-0.4, -0.2) is 27.9 Å². The van der Waals surface area contributed by atoms with Crippen molar-refractivity contribution in [3.63, 3.8) is 0 Å². The zero-order valence-corrected chi connectivity index (χ0v) is 16.7. The average Bonchev–Trinajstić information content (AvgIpc) is 3.29. The molecular weight excluding hydrogens is 398 g/mol. The van der Waals surface area contributed by atoms with Gasteiger partial charge in [0.25, 0.3) is 11.1 Å². The molecule has 0 spiro atoms. The summed E-state index contributed by atoms with van der Waals surface area (Å²) in [6.45, 7) is 2.21. The molecule has 8 heteroatoms. The number of para-hydroxylation sites is 1. The van der Waals surface area contributed by atoms with Crippen molar-refractivity contribution in [1.82, 2.24) is 10.2 Å². The van der Waals surface area contributed by atoms with Gasteiger partial charge in [-0.25, -0.2) is 0 Å². The van der Waals surface area contributed by atoms with Crippen molar-refractivity contribution in [3.05, 3.63) is 65.0 Å². The van der Waals surface area contributed by atoms with Crippen molar-refractivity contribution in [2.24, 2.45) is 0 Å². The number of hydrogen-bond acceptors (Lipinski definition) is 6. The Balaban J connectivity index is 1.32. The minimum Gasteiger partial charge on any atom is -0.484 e. The summed E-state index contributed by atoms with van der Waals surface area (Å²) in [5.74, 6) is 1.27. The van der Waals surface area contributed by atoms with E-state index in [-0.39, 0.29) is 24.3 Å². The lowest BCUT2D eigenvalue weighted by atomic mass is 10.1. The van der Waals surface area contributed by atoms with Crippen LogP contribution in [-0.2, 0) is 17.8 Å². The summed E-state index contributed by atoms with van der Waals surface area (Å²) in [5, 5.41) is 8.93. The highest BCUT2D eigenvalue weighted by Crippen LogP contribution is 2.32. The highest BCUT2D eigenvalue weighted by atomic mass is 35.5. The van der Waals surface area contributed by atoms with Gasteiger partial charge in [-0.15, -0.1) is 10.2 Å². The average molecular weight is 416 g/mol. The van der Waals surface area contributed by atoms with Gasteiger partial charge < -0.3 is 14.1 Å². The number of hydrogen-bond donors (Lipinski definition) is 0. The number of anilines is 1. The maximum absolute atomic E-state index is 12.7. The monoisotopic (exact) mass is 415 g/mol. The first-order chi connectivity index (χ1) is 13.6. The van der Waals surface area contributed by atoms with E-state index in [1.54, 1.807) is 24.3 Å². The van der Waals surface area contributed by atoms with Crippen molar-refractivity contribution in [1.29, 1.82) is 0 Å². The van der Waals surface area contributed by atoms with Crippen molar-refractivity contribution in [2.75, 3.05) is 10.7 Å². The number of benzene rings is 2. The molecule has 0 bridgehead atoms. The van der Waals surface area contributed by atoms with Gasteiger partial charge in [0.05, 0.1) is 5.75 Å². The second kappa shape index (κ2) is 8.24. The fourth-order valence-electron chi connectivity index (χ4n) is 3.17. The van der Waals surface area contributed by atoms with Crippen LogP contribution in [0, 0.1) is 0 Å². The van der Waals surface area contributed by atoms with Crippen LogP contribution >= 0.6 is 23.4 Å². The van der Waals surface area contributed by atoms with Gasteiger partial charge >= 0.3 is 0 Å². The Morgan fingerprint density at radius 3 is 2.86 bits per heavy atom. The van der Waals surface area contributed by atoms with Crippen molar-refractivity contribution >= 4 is 35.0 Å². The quantitative estimate of drug-likeness (QED) is 0.557. The van der Waals surface area contributed by atoms with E-state index in [0.717, 1.165) is 12.1 Å². The highest BCUT2D eigenvalue weighted by Gasteiger charge is 2.30. The fraction of sp³-hybridized carbons (Fsp3) is 0.250. The minimum atomic E-state index is 0.0274. The molecule has 144 valence electrons. The van der Waals surface area contributed by atoms with E-state index in [1.807, 2.05) is 23.1 Å². The SMILES string of the molecule is CC1Cc2ccccc2N1C(=O)CSc1nnc(COc2ccc(Cl)cc2)o1. The van der Waals surface area contributed by atoms with Gasteiger partial charge in [0.15, 0.2) is 6.61 Å². The van der Waals surface area contributed by atoms with E-state index in [9.17, 15) is 4.79 Å². The smallest absolute Gasteiger partial charge is 0.277 e. The summed E-state index contributed by atoms with van der Waals surface area (Å²) >= 11 is 7.08. The topological polar surface area (TPSA) is 68.5 Å². The van der Waals surface area contributed by atoms with Crippen molar-refractivity contribution in [2.45, 2.75) is 31.2 Å². The van der Waals surface area contributed by atoms with Gasteiger partial charge in [-0.1, -0.05) is 41.6 Å². The lowest BCUT2D eigenvalue weighted by molar-refractivity contribution is -0.116.